The molecule has 1 aliphatic heterocycles. The summed E-state index contributed by atoms with van der Waals surface area (Å²) < 4.78 is 6.26. The van der Waals surface area contributed by atoms with Crippen LogP contribution in [0.5, 0.6) is 0 Å². The van der Waals surface area contributed by atoms with Gasteiger partial charge in [0.05, 0.1) is 28.3 Å². The quantitative estimate of drug-likeness (QED) is 0.176. The summed E-state index contributed by atoms with van der Waals surface area (Å²) in [6.07, 6.45) is 0. The summed E-state index contributed by atoms with van der Waals surface area (Å²) in [6.45, 7) is 0. The number of hydrogen-bond acceptors (Lipinski definition) is 5. The highest BCUT2D eigenvalue weighted by atomic mass is 32.2. The Labute approximate surface area is 333 Å². The van der Waals surface area contributed by atoms with Crippen LogP contribution in [0.1, 0.15) is 27.8 Å². The first-order valence-corrected chi connectivity index (χ1v) is 19.8. The van der Waals surface area contributed by atoms with Crippen molar-refractivity contribution in [3.8, 4) is 39.8 Å². The van der Waals surface area contributed by atoms with Crippen molar-refractivity contribution in [1.82, 2.24) is 9.97 Å². The first-order chi connectivity index (χ1) is 28.2. The molecule has 0 radical (unpaired) electrons. The number of nitriles is 1. The first-order valence-electron chi connectivity index (χ1n) is 18.9. The van der Waals surface area contributed by atoms with Crippen LogP contribution in [0.3, 0.4) is 0 Å². The van der Waals surface area contributed by atoms with E-state index in [2.05, 4.69) is 152 Å². The van der Waals surface area contributed by atoms with Crippen molar-refractivity contribution < 1.29 is 4.42 Å². The van der Waals surface area contributed by atoms with Gasteiger partial charge in [0.1, 0.15) is 11.2 Å². The molecule has 266 valence electrons. The standard InChI is InChI=1S/C52H31N3OS/c53-32-33-19-27-48-43(29-33)52(38-11-3-1-4-12-38,39-13-5-2-6-14-39)44-30-36(25-28-49(44)57-48)34-20-22-35(23-21-34)51-54-45-17-9-7-16-42(45)50(55-51)37-24-26-41-40-15-8-10-18-46(40)56-47(41)31-37/h1-31H. The maximum absolute atomic E-state index is 10.1. The fourth-order valence-electron chi connectivity index (χ4n) is 8.61. The minimum absolute atomic E-state index is 0.637. The molecule has 0 bridgehead atoms. The van der Waals surface area contributed by atoms with Crippen LogP contribution in [0.25, 0.3) is 66.6 Å². The van der Waals surface area contributed by atoms with Crippen LogP contribution in [0.2, 0.25) is 0 Å². The number of para-hydroxylation sites is 2. The summed E-state index contributed by atoms with van der Waals surface area (Å²) in [6, 6.07) is 68.0. The van der Waals surface area contributed by atoms with Gasteiger partial charge in [0.2, 0.25) is 0 Å². The van der Waals surface area contributed by atoms with Crippen LogP contribution in [0, 0.1) is 11.3 Å². The maximum Gasteiger partial charge on any atom is 0.160 e. The summed E-state index contributed by atoms with van der Waals surface area (Å²) in [7, 11) is 0. The second kappa shape index (κ2) is 13.2. The zero-order valence-electron chi connectivity index (χ0n) is 30.6. The van der Waals surface area contributed by atoms with Crippen molar-refractivity contribution in [2.75, 3.05) is 0 Å². The van der Waals surface area contributed by atoms with Crippen LogP contribution in [0.4, 0.5) is 0 Å². The molecule has 0 aliphatic carbocycles. The molecule has 1 aliphatic rings. The topological polar surface area (TPSA) is 62.7 Å². The van der Waals surface area contributed by atoms with E-state index >= 15 is 0 Å². The number of nitrogens with zero attached hydrogens (tertiary/aromatic N) is 3. The average molecular weight is 746 g/mol. The van der Waals surface area contributed by atoms with Crippen LogP contribution in [0.15, 0.2) is 202 Å². The molecular formula is C52H31N3OS. The van der Waals surface area contributed by atoms with Gasteiger partial charge in [-0.15, -0.1) is 0 Å². The lowest BCUT2D eigenvalue weighted by molar-refractivity contribution is 0.669. The molecule has 0 atom stereocenters. The summed E-state index contributed by atoms with van der Waals surface area (Å²) >= 11 is 1.77. The smallest absolute Gasteiger partial charge is 0.160 e. The number of benzene rings is 8. The van der Waals surface area contributed by atoms with Gasteiger partial charge in [0.15, 0.2) is 5.82 Å². The van der Waals surface area contributed by atoms with E-state index in [4.69, 9.17) is 14.4 Å². The van der Waals surface area contributed by atoms with Gasteiger partial charge in [-0.1, -0.05) is 145 Å². The summed E-state index contributed by atoms with van der Waals surface area (Å²) in [5.74, 6) is 0.666. The van der Waals surface area contributed by atoms with Crippen LogP contribution >= 0.6 is 11.8 Å². The molecule has 2 aromatic heterocycles. The fraction of sp³-hybridized carbons (Fsp3) is 0.0192. The molecule has 10 aromatic rings. The van der Waals surface area contributed by atoms with Crippen molar-refractivity contribution in [2.24, 2.45) is 0 Å². The van der Waals surface area contributed by atoms with Crippen LogP contribution < -0.4 is 0 Å². The van der Waals surface area contributed by atoms with Gasteiger partial charge in [0, 0.05) is 37.1 Å². The molecule has 8 aromatic carbocycles. The zero-order valence-corrected chi connectivity index (χ0v) is 31.4. The molecule has 57 heavy (non-hydrogen) atoms. The molecule has 0 fully saturated rings. The molecule has 0 spiro atoms. The number of hydrogen-bond donors (Lipinski definition) is 0. The first kappa shape index (κ1) is 33.1. The van der Waals surface area contributed by atoms with E-state index in [0.717, 1.165) is 82.4 Å². The van der Waals surface area contributed by atoms with Gasteiger partial charge < -0.3 is 4.42 Å². The van der Waals surface area contributed by atoms with E-state index < -0.39 is 5.41 Å². The highest BCUT2D eigenvalue weighted by Gasteiger charge is 2.44. The molecule has 0 amide bonds. The molecule has 4 nitrogen and oxygen atoms in total. The van der Waals surface area contributed by atoms with Crippen molar-refractivity contribution in [1.29, 1.82) is 5.26 Å². The largest absolute Gasteiger partial charge is 0.456 e. The van der Waals surface area contributed by atoms with Crippen LogP contribution in [-0.2, 0) is 5.41 Å². The zero-order chi connectivity index (χ0) is 37.9. The summed E-state index contributed by atoms with van der Waals surface area (Å²) in [5.41, 5.74) is 12.2. The number of fused-ring (bicyclic) bond motifs is 6. The van der Waals surface area contributed by atoms with Gasteiger partial charge in [-0.05, 0) is 88.0 Å². The van der Waals surface area contributed by atoms with Gasteiger partial charge in [0.25, 0.3) is 0 Å². The van der Waals surface area contributed by atoms with Gasteiger partial charge in [-0.3, -0.25) is 0 Å². The normalized spacial score (nSPS) is 13.0. The summed E-state index contributed by atoms with van der Waals surface area (Å²) in [4.78, 5) is 12.6. The number of furan rings is 1. The second-order valence-electron chi connectivity index (χ2n) is 14.4. The van der Waals surface area contributed by atoms with Crippen LogP contribution in [-0.4, -0.2) is 9.97 Å². The van der Waals surface area contributed by atoms with E-state index in [1.54, 1.807) is 11.8 Å². The minimum Gasteiger partial charge on any atom is -0.456 e. The monoisotopic (exact) mass is 745 g/mol. The fourth-order valence-corrected chi connectivity index (χ4v) is 9.77. The Morgan fingerprint density at radius 2 is 1.07 bits per heavy atom. The third-order valence-corrected chi connectivity index (χ3v) is 12.4. The number of aromatic nitrogens is 2. The third kappa shape index (κ3) is 5.30. The predicted molar refractivity (Wildman–Crippen MR) is 230 cm³/mol. The average Bonchev–Trinajstić information content (AvgIpc) is 3.66. The Balaban J connectivity index is 1.03. The highest BCUT2D eigenvalue weighted by molar-refractivity contribution is 7.99. The minimum atomic E-state index is -0.637. The molecule has 0 saturated heterocycles. The number of rotatable bonds is 5. The van der Waals surface area contributed by atoms with E-state index in [1.807, 2.05) is 42.5 Å². The Morgan fingerprint density at radius 3 is 1.82 bits per heavy atom. The van der Waals surface area contributed by atoms with E-state index in [-0.39, 0.29) is 0 Å². The Bertz CT molecular complexity index is 3180. The lowest BCUT2D eigenvalue weighted by atomic mass is 9.64. The Hall–Kier alpha value is -7.26. The molecule has 11 rings (SSSR count). The van der Waals surface area contributed by atoms with E-state index in [9.17, 15) is 5.26 Å². The van der Waals surface area contributed by atoms with E-state index in [0.29, 0.717) is 11.4 Å². The lowest BCUT2D eigenvalue weighted by Crippen LogP contribution is -2.34. The molecule has 0 saturated carbocycles. The van der Waals surface area contributed by atoms with Gasteiger partial charge in [-0.2, -0.15) is 5.26 Å². The highest BCUT2D eigenvalue weighted by Crippen LogP contribution is 2.56. The van der Waals surface area contributed by atoms with E-state index in [1.165, 1.54) is 10.5 Å². The predicted octanol–water partition coefficient (Wildman–Crippen LogP) is 13.2. The Morgan fingerprint density at radius 1 is 0.474 bits per heavy atom. The molecular weight excluding hydrogens is 715 g/mol. The van der Waals surface area contributed by atoms with Crippen molar-refractivity contribution in [3.63, 3.8) is 0 Å². The molecule has 3 heterocycles. The maximum atomic E-state index is 10.1. The van der Waals surface area contributed by atoms with Gasteiger partial charge in [-0.25, -0.2) is 9.97 Å². The SMILES string of the molecule is N#Cc1ccc2c(c1)C(c1ccccc1)(c1ccccc1)c1cc(-c3ccc(-c4nc(-c5ccc6c(c5)oc5ccccc56)c5ccccc5n4)cc3)ccc1S2. The summed E-state index contributed by atoms with van der Waals surface area (Å²) in [5, 5.41) is 13.2. The third-order valence-electron chi connectivity index (χ3n) is 11.3. The van der Waals surface area contributed by atoms with Crippen molar-refractivity contribution >= 4 is 44.6 Å². The lowest BCUT2D eigenvalue weighted by Gasteiger charge is -2.42. The van der Waals surface area contributed by atoms with Crippen molar-refractivity contribution in [2.45, 2.75) is 15.2 Å². The van der Waals surface area contributed by atoms with Crippen molar-refractivity contribution in [3.05, 3.63) is 216 Å². The molecule has 0 unspecified atom stereocenters. The molecule has 0 N–H and O–H groups in total. The van der Waals surface area contributed by atoms with Gasteiger partial charge >= 0.3 is 0 Å². The second-order valence-corrected chi connectivity index (χ2v) is 15.5. The Kier molecular flexibility index (Phi) is 7.67. The molecule has 5 heteroatoms.